The molecule has 2 saturated heterocycles. The highest BCUT2D eigenvalue weighted by Crippen LogP contribution is 2.28. The summed E-state index contributed by atoms with van der Waals surface area (Å²) in [6, 6.07) is 9.42. The monoisotopic (exact) mass is 590 g/mol. The lowest BCUT2D eigenvalue weighted by atomic mass is 9.85. The van der Waals surface area contributed by atoms with Gasteiger partial charge in [-0.25, -0.2) is 4.79 Å². The minimum atomic E-state index is -0.802. The van der Waals surface area contributed by atoms with E-state index >= 15 is 0 Å². The standard InChI is InChI=1S/C31H42N8O4/c1-31(2,3)22(43-29(32)42)18-20-8-10-21(11-9-20)35-26-25(27(40)28(26)41)34-13-12-33-23-19-24(38-14-4-5-15-38)37-30(36-23)39-16-6-7-17-39/h8-11,19,22,34-35H,4-7,12-18H2,1-3H3,(H2,32,42)(H,33,36,37). The van der Waals surface area contributed by atoms with Crippen LogP contribution >= 0.6 is 0 Å². The van der Waals surface area contributed by atoms with E-state index in [4.69, 9.17) is 20.4 Å². The Labute approximate surface area is 251 Å². The van der Waals surface area contributed by atoms with E-state index in [1.807, 2.05) is 51.1 Å². The van der Waals surface area contributed by atoms with Crippen molar-refractivity contribution in [3.05, 3.63) is 56.3 Å². The summed E-state index contributed by atoms with van der Waals surface area (Å²) in [5.74, 6) is 2.45. The van der Waals surface area contributed by atoms with Gasteiger partial charge in [-0.15, -0.1) is 0 Å². The number of amides is 1. The maximum Gasteiger partial charge on any atom is 0.404 e. The van der Waals surface area contributed by atoms with Gasteiger partial charge < -0.3 is 36.2 Å². The van der Waals surface area contributed by atoms with Crippen molar-refractivity contribution >= 4 is 40.7 Å². The van der Waals surface area contributed by atoms with Crippen LogP contribution in [0.4, 0.5) is 39.4 Å². The Balaban J connectivity index is 1.18. The molecule has 2 aliphatic rings. The molecule has 0 saturated carbocycles. The quantitative estimate of drug-likeness (QED) is 0.181. The summed E-state index contributed by atoms with van der Waals surface area (Å²) in [6.45, 7) is 10.8. The Kier molecular flexibility index (Phi) is 9.02. The van der Waals surface area contributed by atoms with Crippen LogP contribution in [-0.2, 0) is 11.2 Å². The van der Waals surface area contributed by atoms with E-state index in [2.05, 4.69) is 25.8 Å². The Morgan fingerprint density at radius 1 is 0.907 bits per heavy atom. The van der Waals surface area contributed by atoms with Crippen molar-refractivity contribution in [3.63, 3.8) is 0 Å². The molecule has 230 valence electrons. The second-order valence-corrected chi connectivity index (χ2v) is 12.4. The third-order valence-corrected chi connectivity index (χ3v) is 8.03. The highest BCUT2D eigenvalue weighted by Gasteiger charge is 2.28. The lowest BCUT2D eigenvalue weighted by molar-refractivity contribution is 0.0374. The number of ether oxygens (including phenoxy) is 1. The highest BCUT2D eigenvalue weighted by molar-refractivity contribution is 5.78. The van der Waals surface area contributed by atoms with Crippen LogP contribution < -0.4 is 42.3 Å². The molecule has 1 atom stereocenters. The Bertz CT molecular complexity index is 1450. The molecule has 2 aromatic carbocycles. The fourth-order valence-electron chi connectivity index (χ4n) is 5.48. The Morgan fingerprint density at radius 3 is 2.14 bits per heavy atom. The predicted octanol–water partition coefficient (Wildman–Crippen LogP) is 3.59. The van der Waals surface area contributed by atoms with Crippen LogP contribution in [0.15, 0.2) is 39.9 Å². The Morgan fingerprint density at radius 2 is 1.51 bits per heavy atom. The summed E-state index contributed by atoms with van der Waals surface area (Å²) in [7, 11) is 0. The van der Waals surface area contributed by atoms with Crippen molar-refractivity contribution in [2.75, 3.05) is 65.0 Å². The van der Waals surface area contributed by atoms with Gasteiger partial charge in [-0.2, -0.15) is 9.97 Å². The normalized spacial score (nSPS) is 16.0. The van der Waals surface area contributed by atoms with Crippen LogP contribution in [-0.4, -0.2) is 61.4 Å². The van der Waals surface area contributed by atoms with E-state index in [1.54, 1.807) is 0 Å². The number of anilines is 6. The molecule has 12 heteroatoms. The minimum absolute atomic E-state index is 0.247. The molecule has 0 radical (unpaired) electrons. The molecule has 1 unspecified atom stereocenters. The summed E-state index contributed by atoms with van der Waals surface area (Å²) >= 11 is 0. The fraction of sp³-hybridized carbons (Fsp3) is 0.516. The molecule has 0 bridgehead atoms. The first-order chi connectivity index (χ1) is 20.6. The first-order valence-corrected chi connectivity index (χ1v) is 15.1. The molecule has 2 aliphatic heterocycles. The largest absolute Gasteiger partial charge is 0.445 e. The lowest BCUT2D eigenvalue weighted by Crippen LogP contribution is -2.37. The van der Waals surface area contributed by atoms with E-state index < -0.39 is 17.0 Å². The van der Waals surface area contributed by atoms with Crippen LogP contribution in [0, 0.1) is 5.41 Å². The van der Waals surface area contributed by atoms with Crippen molar-refractivity contribution in [3.8, 4) is 0 Å². The molecule has 0 spiro atoms. The number of primary amides is 1. The molecule has 3 aromatic rings. The van der Waals surface area contributed by atoms with Crippen molar-refractivity contribution in [2.45, 2.75) is 59.0 Å². The molecular weight excluding hydrogens is 548 g/mol. The van der Waals surface area contributed by atoms with Gasteiger partial charge in [0, 0.05) is 57.4 Å². The number of nitrogens with two attached hydrogens (primary N) is 1. The molecule has 0 aliphatic carbocycles. The zero-order valence-corrected chi connectivity index (χ0v) is 25.2. The van der Waals surface area contributed by atoms with Crippen molar-refractivity contribution in [1.82, 2.24) is 9.97 Å². The number of benzene rings is 1. The number of aromatic nitrogens is 2. The van der Waals surface area contributed by atoms with E-state index in [0.717, 1.165) is 62.2 Å². The zero-order valence-electron chi connectivity index (χ0n) is 25.2. The molecule has 5 N–H and O–H groups in total. The van der Waals surface area contributed by atoms with Gasteiger partial charge in [0.15, 0.2) is 0 Å². The van der Waals surface area contributed by atoms with E-state index in [1.165, 1.54) is 12.8 Å². The predicted molar refractivity (Wildman–Crippen MR) is 171 cm³/mol. The lowest BCUT2D eigenvalue weighted by Gasteiger charge is -2.29. The molecule has 3 heterocycles. The van der Waals surface area contributed by atoms with Crippen LogP contribution in [0.25, 0.3) is 0 Å². The van der Waals surface area contributed by atoms with Gasteiger partial charge in [0.05, 0.1) is 0 Å². The van der Waals surface area contributed by atoms with Crippen molar-refractivity contribution in [2.24, 2.45) is 11.1 Å². The average Bonchev–Trinajstić information content (AvgIpc) is 3.71. The van der Waals surface area contributed by atoms with Gasteiger partial charge in [-0.1, -0.05) is 32.9 Å². The average molecular weight is 591 g/mol. The number of hydrogen-bond acceptors (Lipinski definition) is 11. The number of carbonyl (C=O) groups is 1. The van der Waals surface area contributed by atoms with E-state index in [9.17, 15) is 14.4 Å². The zero-order chi connectivity index (χ0) is 30.6. The summed E-state index contributed by atoms with van der Waals surface area (Å²) in [5, 5.41) is 9.55. The summed E-state index contributed by atoms with van der Waals surface area (Å²) < 4.78 is 5.32. The summed E-state index contributed by atoms with van der Waals surface area (Å²) in [4.78, 5) is 50.2. The highest BCUT2D eigenvalue weighted by atomic mass is 16.6. The number of rotatable bonds is 12. The van der Waals surface area contributed by atoms with Crippen molar-refractivity contribution in [1.29, 1.82) is 0 Å². The topological polar surface area (TPSA) is 155 Å². The second-order valence-electron chi connectivity index (χ2n) is 12.4. The van der Waals surface area contributed by atoms with Crippen LogP contribution in [0.1, 0.15) is 52.0 Å². The number of hydrogen-bond donors (Lipinski definition) is 4. The third kappa shape index (κ3) is 7.36. The molecular formula is C31H42N8O4. The first kappa shape index (κ1) is 30.1. The number of nitrogens with one attached hydrogen (secondary N) is 3. The van der Waals surface area contributed by atoms with Crippen LogP contribution in [0.2, 0.25) is 0 Å². The van der Waals surface area contributed by atoms with Gasteiger partial charge in [-0.3, -0.25) is 9.59 Å². The third-order valence-electron chi connectivity index (χ3n) is 8.03. The van der Waals surface area contributed by atoms with Gasteiger partial charge >= 0.3 is 6.09 Å². The second kappa shape index (κ2) is 12.9. The smallest absolute Gasteiger partial charge is 0.404 e. The SMILES string of the molecule is CC(C)(C)C(Cc1ccc(Nc2c(NCCNc3cc(N4CCCC4)nc(N4CCCC4)n3)c(=O)c2=O)cc1)OC(N)=O. The van der Waals surface area contributed by atoms with E-state index in [0.29, 0.717) is 25.2 Å². The van der Waals surface area contributed by atoms with Crippen LogP contribution in [0.5, 0.6) is 0 Å². The van der Waals surface area contributed by atoms with Gasteiger partial charge in [0.1, 0.15) is 29.1 Å². The van der Waals surface area contributed by atoms with E-state index in [-0.39, 0.29) is 22.9 Å². The molecule has 2 fully saturated rings. The van der Waals surface area contributed by atoms with Gasteiger partial charge in [0.2, 0.25) is 5.95 Å². The number of nitrogens with zero attached hydrogens (tertiary/aromatic N) is 4. The molecule has 12 nitrogen and oxygen atoms in total. The van der Waals surface area contributed by atoms with Crippen LogP contribution in [0.3, 0.4) is 0 Å². The molecule has 1 amide bonds. The maximum atomic E-state index is 12.4. The fourth-order valence-corrected chi connectivity index (χ4v) is 5.48. The Hall–Kier alpha value is -4.35. The van der Waals surface area contributed by atoms with Gasteiger partial charge in [0.25, 0.3) is 10.9 Å². The maximum absolute atomic E-state index is 12.4. The molecule has 1 aromatic heterocycles. The first-order valence-electron chi connectivity index (χ1n) is 15.1. The number of carbonyl (C=O) groups excluding carboxylic acids is 1. The van der Waals surface area contributed by atoms with Crippen molar-refractivity contribution < 1.29 is 9.53 Å². The molecule has 5 rings (SSSR count). The minimum Gasteiger partial charge on any atom is -0.445 e. The molecule has 43 heavy (non-hydrogen) atoms. The summed E-state index contributed by atoms with van der Waals surface area (Å²) in [6.07, 6.45) is 3.94. The van der Waals surface area contributed by atoms with Gasteiger partial charge in [-0.05, 0) is 48.8 Å². The summed E-state index contributed by atoms with van der Waals surface area (Å²) in [5.41, 5.74) is 6.03.